The number of amides is 1. The van der Waals surface area contributed by atoms with Gasteiger partial charge in [-0.3, -0.25) is 10.2 Å². The molecule has 2 aromatic rings. The van der Waals surface area contributed by atoms with E-state index in [1.54, 1.807) is 5.01 Å². The molecule has 0 saturated carbocycles. The quantitative estimate of drug-likeness (QED) is 0.920. The van der Waals surface area contributed by atoms with Crippen LogP contribution >= 0.6 is 0 Å². The van der Waals surface area contributed by atoms with Crippen molar-refractivity contribution < 1.29 is 18.0 Å². The molecule has 0 spiro atoms. The summed E-state index contributed by atoms with van der Waals surface area (Å²) in [5.41, 5.74) is 4.59. The topological polar surface area (TPSA) is 32.3 Å². The van der Waals surface area contributed by atoms with Crippen molar-refractivity contribution in [2.45, 2.75) is 19.1 Å². The van der Waals surface area contributed by atoms with Crippen molar-refractivity contribution in [2.24, 2.45) is 0 Å². The van der Waals surface area contributed by atoms with Crippen molar-refractivity contribution in [2.75, 3.05) is 6.54 Å². The van der Waals surface area contributed by atoms with Gasteiger partial charge in [0, 0.05) is 18.7 Å². The van der Waals surface area contributed by atoms with Crippen molar-refractivity contribution in [3.63, 3.8) is 0 Å². The smallest absolute Gasteiger partial charge is 0.284 e. The SMILES string of the molecule is O=C(NN1CCc2ccccc2C1)c1ccc(C(F)(F)F)cc1. The van der Waals surface area contributed by atoms with Crippen LogP contribution in [0.25, 0.3) is 0 Å². The molecule has 0 fully saturated rings. The Bertz CT molecular complexity index is 711. The molecule has 1 N–H and O–H groups in total. The Morgan fingerprint density at radius 2 is 1.65 bits per heavy atom. The maximum Gasteiger partial charge on any atom is 0.416 e. The zero-order chi connectivity index (χ0) is 16.4. The van der Waals surface area contributed by atoms with Crippen LogP contribution in [0.5, 0.6) is 0 Å². The number of alkyl halides is 3. The van der Waals surface area contributed by atoms with E-state index in [0.717, 1.165) is 24.1 Å². The number of fused-ring (bicyclic) bond motifs is 1. The summed E-state index contributed by atoms with van der Waals surface area (Å²) < 4.78 is 37.6. The second-order valence-corrected chi connectivity index (χ2v) is 5.46. The number of benzene rings is 2. The Kier molecular flexibility index (Phi) is 4.09. The molecule has 3 nitrogen and oxygen atoms in total. The Hall–Kier alpha value is -2.34. The van der Waals surface area contributed by atoms with Gasteiger partial charge in [0.25, 0.3) is 5.91 Å². The third-order valence-corrected chi connectivity index (χ3v) is 3.86. The predicted octanol–water partition coefficient (Wildman–Crippen LogP) is 3.41. The van der Waals surface area contributed by atoms with Crippen molar-refractivity contribution in [1.29, 1.82) is 0 Å². The van der Waals surface area contributed by atoms with Crippen LogP contribution < -0.4 is 5.43 Å². The van der Waals surface area contributed by atoms with E-state index in [4.69, 9.17) is 0 Å². The number of carbonyl (C=O) groups excluding carboxylic acids is 1. The molecule has 0 radical (unpaired) electrons. The first kappa shape index (κ1) is 15.6. The highest BCUT2D eigenvalue weighted by atomic mass is 19.4. The fourth-order valence-corrected chi connectivity index (χ4v) is 2.61. The first-order valence-corrected chi connectivity index (χ1v) is 7.23. The molecule has 1 aliphatic rings. The maximum atomic E-state index is 12.5. The molecule has 1 aliphatic heterocycles. The van der Waals surface area contributed by atoms with Crippen molar-refractivity contribution in [1.82, 2.24) is 10.4 Å². The van der Waals surface area contributed by atoms with E-state index in [1.807, 2.05) is 18.2 Å². The summed E-state index contributed by atoms with van der Waals surface area (Å²) in [6.45, 7) is 1.26. The summed E-state index contributed by atoms with van der Waals surface area (Å²) in [4.78, 5) is 12.2. The molecule has 1 heterocycles. The van der Waals surface area contributed by atoms with Gasteiger partial charge in [0.1, 0.15) is 0 Å². The van der Waals surface area contributed by atoms with Crippen LogP contribution in [-0.4, -0.2) is 17.5 Å². The molecule has 1 amide bonds. The van der Waals surface area contributed by atoms with E-state index in [1.165, 1.54) is 17.7 Å². The summed E-state index contributed by atoms with van der Waals surface area (Å²) >= 11 is 0. The van der Waals surface area contributed by atoms with Crippen LogP contribution in [0.3, 0.4) is 0 Å². The molecule has 0 atom stereocenters. The lowest BCUT2D eigenvalue weighted by Gasteiger charge is -2.28. The monoisotopic (exact) mass is 320 g/mol. The average Bonchev–Trinajstić information content (AvgIpc) is 2.54. The van der Waals surface area contributed by atoms with E-state index >= 15 is 0 Å². The highest BCUT2D eigenvalue weighted by Crippen LogP contribution is 2.29. The number of nitrogens with zero attached hydrogens (tertiary/aromatic N) is 1. The molecule has 2 aromatic carbocycles. The molecule has 23 heavy (non-hydrogen) atoms. The Balaban J connectivity index is 1.66. The van der Waals surface area contributed by atoms with E-state index in [2.05, 4.69) is 11.5 Å². The summed E-state index contributed by atoms with van der Waals surface area (Å²) in [5.74, 6) is -0.405. The van der Waals surface area contributed by atoms with Crippen LogP contribution in [0.2, 0.25) is 0 Å². The van der Waals surface area contributed by atoms with Crippen LogP contribution in [0.1, 0.15) is 27.0 Å². The molecule has 0 aliphatic carbocycles. The first-order valence-electron chi connectivity index (χ1n) is 7.23. The average molecular weight is 320 g/mol. The highest BCUT2D eigenvalue weighted by molar-refractivity contribution is 5.93. The van der Waals surface area contributed by atoms with Gasteiger partial charge in [-0.1, -0.05) is 24.3 Å². The second kappa shape index (κ2) is 6.04. The van der Waals surface area contributed by atoms with E-state index in [9.17, 15) is 18.0 Å². The zero-order valence-electron chi connectivity index (χ0n) is 12.2. The fraction of sp³-hybridized carbons (Fsp3) is 0.235. The minimum absolute atomic E-state index is 0.205. The van der Waals surface area contributed by atoms with Crippen molar-refractivity contribution >= 4 is 5.91 Å². The normalized spacial score (nSPS) is 15.1. The number of hydrazine groups is 1. The third kappa shape index (κ3) is 3.53. The molecule has 3 rings (SSSR count). The van der Waals surface area contributed by atoms with E-state index < -0.39 is 17.6 Å². The molecule has 0 aromatic heterocycles. The first-order chi connectivity index (χ1) is 10.9. The van der Waals surface area contributed by atoms with Gasteiger partial charge in [0.15, 0.2) is 0 Å². The standard InChI is InChI=1S/C17H15F3N2O/c18-17(19,20)15-7-5-13(6-8-15)16(23)21-22-10-9-12-3-1-2-4-14(12)11-22/h1-8H,9-11H2,(H,21,23). The van der Waals surface area contributed by atoms with Gasteiger partial charge in [0.2, 0.25) is 0 Å². The number of hydrogen-bond donors (Lipinski definition) is 1. The lowest BCUT2D eigenvalue weighted by atomic mass is 10.0. The van der Waals surface area contributed by atoms with Crippen LogP contribution in [0, 0.1) is 0 Å². The fourth-order valence-electron chi connectivity index (χ4n) is 2.61. The molecule has 0 unspecified atom stereocenters. The second-order valence-electron chi connectivity index (χ2n) is 5.46. The Labute approximate surface area is 131 Å². The lowest BCUT2D eigenvalue weighted by molar-refractivity contribution is -0.137. The molecular weight excluding hydrogens is 305 g/mol. The van der Waals surface area contributed by atoms with Gasteiger partial charge < -0.3 is 0 Å². The number of rotatable bonds is 2. The number of halogens is 3. The van der Waals surface area contributed by atoms with Crippen LogP contribution in [0.4, 0.5) is 13.2 Å². The molecular formula is C17H15F3N2O. The van der Waals surface area contributed by atoms with E-state index in [0.29, 0.717) is 13.1 Å². The summed E-state index contributed by atoms with van der Waals surface area (Å²) in [5, 5.41) is 1.78. The summed E-state index contributed by atoms with van der Waals surface area (Å²) in [6, 6.07) is 12.2. The largest absolute Gasteiger partial charge is 0.416 e. The Morgan fingerprint density at radius 3 is 2.30 bits per heavy atom. The van der Waals surface area contributed by atoms with Crippen molar-refractivity contribution in [3.05, 3.63) is 70.8 Å². The lowest BCUT2D eigenvalue weighted by Crippen LogP contribution is -2.44. The number of carbonyl (C=O) groups is 1. The predicted molar refractivity (Wildman–Crippen MR) is 79.5 cm³/mol. The maximum absolute atomic E-state index is 12.5. The molecule has 120 valence electrons. The van der Waals surface area contributed by atoms with Gasteiger partial charge in [-0.05, 0) is 41.8 Å². The Morgan fingerprint density at radius 1 is 1.00 bits per heavy atom. The van der Waals surface area contributed by atoms with Gasteiger partial charge >= 0.3 is 6.18 Å². The summed E-state index contributed by atoms with van der Waals surface area (Å²) in [6.07, 6.45) is -3.57. The zero-order valence-corrected chi connectivity index (χ0v) is 12.2. The van der Waals surface area contributed by atoms with Gasteiger partial charge in [0.05, 0.1) is 5.56 Å². The molecule has 0 saturated heterocycles. The minimum Gasteiger partial charge on any atom is -0.284 e. The van der Waals surface area contributed by atoms with Gasteiger partial charge in [-0.2, -0.15) is 13.2 Å². The minimum atomic E-state index is -4.40. The molecule has 6 heteroatoms. The van der Waals surface area contributed by atoms with Crippen LogP contribution in [0.15, 0.2) is 48.5 Å². The summed E-state index contributed by atoms with van der Waals surface area (Å²) in [7, 11) is 0. The molecule has 0 bridgehead atoms. The highest BCUT2D eigenvalue weighted by Gasteiger charge is 2.30. The number of hydrogen-bond acceptors (Lipinski definition) is 2. The van der Waals surface area contributed by atoms with E-state index in [-0.39, 0.29) is 5.56 Å². The van der Waals surface area contributed by atoms with Crippen LogP contribution in [-0.2, 0) is 19.1 Å². The third-order valence-electron chi connectivity index (χ3n) is 3.86. The van der Waals surface area contributed by atoms with Gasteiger partial charge in [-0.25, -0.2) is 5.01 Å². The number of nitrogens with one attached hydrogen (secondary N) is 1. The van der Waals surface area contributed by atoms with Crippen molar-refractivity contribution in [3.8, 4) is 0 Å². The van der Waals surface area contributed by atoms with Gasteiger partial charge in [-0.15, -0.1) is 0 Å².